The van der Waals surface area contributed by atoms with Crippen LogP contribution in [0.25, 0.3) is 31.8 Å². The van der Waals surface area contributed by atoms with Crippen LogP contribution in [0.4, 0.5) is 0 Å². The molecule has 5 nitrogen and oxygen atoms in total. The SMILES string of the molecule is CCCCC(CC)C(=O)Oc1c(-c2nc3ccccc3c(=O)o2)sc2ccccc12. The van der Waals surface area contributed by atoms with Crippen molar-refractivity contribution >= 4 is 38.3 Å². The summed E-state index contributed by atoms with van der Waals surface area (Å²) in [5.41, 5.74) is 0.0903. The van der Waals surface area contributed by atoms with Gasteiger partial charge in [0.1, 0.15) is 4.88 Å². The van der Waals surface area contributed by atoms with Gasteiger partial charge in [-0.2, -0.15) is 0 Å². The highest BCUT2D eigenvalue weighted by Gasteiger charge is 2.25. The second-order valence-corrected chi connectivity index (χ2v) is 8.30. The Morgan fingerprint density at radius 2 is 1.83 bits per heavy atom. The molecule has 0 amide bonds. The number of ether oxygens (including phenoxy) is 1. The molecule has 1 atom stereocenters. The monoisotopic (exact) mass is 421 g/mol. The Balaban J connectivity index is 1.81. The number of carbonyl (C=O) groups excluding carboxylic acids is 1. The van der Waals surface area contributed by atoms with Crippen molar-refractivity contribution in [3.8, 4) is 16.5 Å². The predicted molar refractivity (Wildman–Crippen MR) is 120 cm³/mol. The van der Waals surface area contributed by atoms with Gasteiger partial charge in [0.15, 0.2) is 5.75 Å². The van der Waals surface area contributed by atoms with Gasteiger partial charge in [-0.3, -0.25) is 4.79 Å². The molecule has 4 rings (SSSR count). The summed E-state index contributed by atoms with van der Waals surface area (Å²) < 4.78 is 12.4. The van der Waals surface area contributed by atoms with Crippen LogP contribution in [0, 0.1) is 5.92 Å². The van der Waals surface area contributed by atoms with E-state index in [1.165, 1.54) is 11.3 Å². The molecule has 1 unspecified atom stereocenters. The van der Waals surface area contributed by atoms with Crippen LogP contribution >= 0.6 is 11.3 Å². The number of nitrogens with zero attached hydrogens (tertiary/aromatic N) is 1. The minimum atomic E-state index is -0.459. The molecule has 0 radical (unpaired) electrons. The average Bonchev–Trinajstić information content (AvgIpc) is 3.13. The highest BCUT2D eigenvalue weighted by Crippen LogP contribution is 2.44. The van der Waals surface area contributed by atoms with E-state index in [2.05, 4.69) is 11.9 Å². The fourth-order valence-corrected chi connectivity index (χ4v) is 4.56. The fourth-order valence-electron chi connectivity index (χ4n) is 3.50. The molecular formula is C24H23NO4S. The van der Waals surface area contributed by atoms with Crippen LogP contribution in [0.15, 0.2) is 57.7 Å². The van der Waals surface area contributed by atoms with Crippen LogP contribution in [0.1, 0.15) is 39.5 Å². The van der Waals surface area contributed by atoms with Crippen LogP contribution in [-0.4, -0.2) is 11.0 Å². The van der Waals surface area contributed by atoms with Crippen LogP contribution in [0.5, 0.6) is 5.75 Å². The summed E-state index contributed by atoms with van der Waals surface area (Å²) >= 11 is 1.40. The van der Waals surface area contributed by atoms with E-state index < -0.39 is 5.63 Å². The third-order valence-electron chi connectivity index (χ3n) is 5.21. The zero-order chi connectivity index (χ0) is 21.1. The van der Waals surface area contributed by atoms with E-state index in [-0.39, 0.29) is 17.8 Å². The van der Waals surface area contributed by atoms with Crippen molar-refractivity contribution in [2.24, 2.45) is 5.92 Å². The average molecular weight is 422 g/mol. The van der Waals surface area contributed by atoms with Crippen molar-refractivity contribution in [2.75, 3.05) is 0 Å². The van der Waals surface area contributed by atoms with Crippen molar-refractivity contribution in [3.05, 3.63) is 59.0 Å². The number of rotatable bonds is 7. The Bertz CT molecular complexity index is 1260. The number of para-hydroxylation sites is 1. The quantitative estimate of drug-likeness (QED) is 0.333. The van der Waals surface area contributed by atoms with Crippen molar-refractivity contribution in [1.82, 2.24) is 4.98 Å². The molecule has 0 bridgehead atoms. The molecule has 30 heavy (non-hydrogen) atoms. The zero-order valence-corrected chi connectivity index (χ0v) is 17.8. The van der Waals surface area contributed by atoms with Gasteiger partial charge in [-0.1, -0.05) is 51.0 Å². The Morgan fingerprint density at radius 3 is 2.60 bits per heavy atom. The van der Waals surface area contributed by atoms with Crippen LogP contribution < -0.4 is 10.4 Å². The second-order valence-electron chi connectivity index (χ2n) is 7.25. The highest BCUT2D eigenvalue weighted by atomic mass is 32.1. The molecule has 0 saturated carbocycles. The van der Waals surface area contributed by atoms with Gasteiger partial charge in [-0.15, -0.1) is 11.3 Å². The van der Waals surface area contributed by atoms with Gasteiger partial charge >= 0.3 is 11.6 Å². The minimum Gasteiger partial charge on any atom is -0.424 e. The summed E-state index contributed by atoms with van der Waals surface area (Å²) in [4.78, 5) is 30.5. The van der Waals surface area contributed by atoms with E-state index in [1.54, 1.807) is 18.2 Å². The topological polar surface area (TPSA) is 69.4 Å². The maximum Gasteiger partial charge on any atom is 0.347 e. The Hall–Kier alpha value is -2.99. The number of hydrogen-bond acceptors (Lipinski definition) is 6. The third kappa shape index (κ3) is 3.87. The number of esters is 1. The molecule has 4 aromatic rings. The predicted octanol–water partition coefficient (Wildman–Crippen LogP) is 6.19. The molecule has 6 heteroatoms. The van der Waals surface area contributed by atoms with Crippen molar-refractivity contribution < 1.29 is 13.9 Å². The van der Waals surface area contributed by atoms with Gasteiger partial charge in [-0.25, -0.2) is 9.78 Å². The molecule has 154 valence electrons. The molecule has 0 aliphatic rings. The van der Waals surface area contributed by atoms with E-state index >= 15 is 0 Å². The lowest BCUT2D eigenvalue weighted by molar-refractivity contribution is -0.139. The summed E-state index contributed by atoms with van der Waals surface area (Å²) in [6, 6.07) is 14.7. The summed E-state index contributed by atoms with van der Waals surface area (Å²) in [6.45, 7) is 4.11. The number of hydrogen-bond donors (Lipinski definition) is 0. The Kier molecular flexibility index (Phi) is 5.95. The van der Waals surface area contributed by atoms with Gasteiger partial charge < -0.3 is 9.15 Å². The third-order valence-corrected chi connectivity index (χ3v) is 6.35. The van der Waals surface area contributed by atoms with Crippen LogP contribution in [0.2, 0.25) is 0 Å². The molecule has 0 aliphatic carbocycles. The smallest absolute Gasteiger partial charge is 0.347 e. The lowest BCUT2D eigenvalue weighted by Crippen LogP contribution is -2.20. The summed E-state index contributed by atoms with van der Waals surface area (Å²) in [6.07, 6.45) is 3.53. The molecule has 0 N–H and O–H groups in total. The molecule has 0 aliphatic heterocycles. The van der Waals surface area contributed by atoms with Crippen molar-refractivity contribution in [1.29, 1.82) is 0 Å². The molecule has 0 saturated heterocycles. The number of thiophene rings is 1. The van der Waals surface area contributed by atoms with Gasteiger partial charge in [0.2, 0.25) is 5.89 Å². The summed E-state index contributed by atoms with van der Waals surface area (Å²) in [7, 11) is 0. The first kappa shape index (κ1) is 20.3. The number of unbranched alkanes of at least 4 members (excludes halogenated alkanes) is 1. The largest absolute Gasteiger partial charge is 0.424 e. The van der Waals surface area contributed by atoms with Crippen LogP contribution in [0.3, 0.4) is 0 Å². The first-order valence-electron chi connectivity index (χ1n) is 10.3. The highest BCUT2D eigenvalue weighted by molar-refractivity contribution is 7.22. The molecule has 2 heterocycles. The number of benzene rings is 2. The second kappa shape index (κ2) is 8.79. The van der Waals surface area contributed by atoms with Gasteiger partial charge in [0.05, 0.1) is 16.8 Å². The molecule has 2 aromatic heterocycles. The van der Waals surface area contributed by atoms with Crippen molar-refractivity contribution in [3.63, 3.8) is 0 Å². The number of fused-ring (bicyclic) bond motifs is 2. The lowest BCUT2D eigenvalue weighted by atomic mass is 10.00. The summed E-state index contributed by atoms with van der Waals surface area (Å²) in [5.74, 6) is 0.178. The molecular weight excluding hydrogens is 398 g/mol. The van der Waals surface area contributed by atoms with Gasteiger partial charge in [0, 0.05) is 10.1 Å². The number of aromatic nitrogens is 1. The first-order valence-corrected chi connectivity index (χ1v) is 11.1. The first-order chi connectivity index (χ1) is 14.6. The van der Waals surface area contributed by atoms with Gasteiger partial charge in [-0.05, 0) is 37.1 Å². The standard InChI is InChI=1S/C24H23NO4S/c1-3-5-10-15(4-2)23(26)28-20-17-12-7-9-14-19(17)30-21(20)22-25-18-13-8-6-11-16(18)24(27)29-22/h6-9,11-15H,3-5,10H2,1-2H3. The van der Waals surface area contributed by atoms with E-state index in [1.807, 2.05) is 37.3 Å². The molecule has 2 aromatic carbocycles. The van der Waals surface area contributed by atoms with Gasteiger partial charge in [0.25, 0.3) is 0 Å². The number of carbonyl (C=O) groups is 1. The van der Waals surface area contributed by atoms with E-state index in [0.29, 0.717) is 21.5 Å². The molecule has 0 fully saturated rings. The normalized spacial score (nSPS) is 12.3. The maximum atomic E-state index is 12.9. The van der Waals surface area contributed by atoms with E-state index in [0.717, 1.165) is 35.8 Å². The van der Waals surface area contributed by atoms with E-state index in [9.17, 15) is 9.59 Å². The van der Waals surface area contributed by atoms with Crippen molar-refractivity contribution in [2.45, 2.75) is 39.5 Å². The minimum absolute atomic E-state index is 0.159. The fraction of sp³-hybridized carbons (Fsp3) is 0.292. The Labute approximate surface area is 178 Å². The Morgan fingerprint density at radius 1 is 1.10 bits per heavy atom. The zero-order valence-electron chi connectivity index (χ0n) is 17.0. The maximum absolute atomic E-state index is 12.9. The van der Waals surface area contributed by atoms with Crippen LogP contribution in [-0.2, 0) is 4.79 Å². The van der Waals surface area contributed by atoms with E-state index in [4.69, 9.17) is 9.15 Å². The lowest BCUT2D eigenvalue weighted by Gasteiger charge is -2.14. The summed E-state index contributed by atoms with van der Waals surface area (Å²) in [5, 5.41) is 1.24. The molecule has 0 spiro atoms.